The molecule has 1 fully saturated rings. The van der Waals surface area contributed by atoms with Gasteiger partial charge in [0.2, 0.25) is 0 Å². The van der Waals surface area contributed by atoms with Crippen LogP contribution in [0.5, 0.6) is 11.5 Å². The summed E-state index contributed by atoms with van der Waals surface area (Å²) in [6, 6.07) is 9.75. The van der Waals surface area contributed by atoms with Gasteiger partial charge in [-0.05, 0) is 49.6 Å². The normalized spacial score (nSPS) is 14.9. The molecule has 158 valence electrons. The van der Waals surface area contributed by atoms with Gasteiger partial charge in [0, 0.05) is 44.5 Å². The molecule has 0 atom stereocenters. The van der Waals surface area contributed by atoms with Crippen molar-refractivity contribution < 1.29 is 9.84 Å². The van der Waals surface area contributed by atoms with Crippen LogP contribution in [-0.4, -0.2) is 49.3 Å². The Morgan fingerprint density at radius 3 is 2.66 bits per heavy atom. The summed E-state index contributed by atoms with van der Waals surface area (Å²) in [6.07, 6.45) is 3.95. The molecule has 0 saturated carbocycles. The minimum absolute atomic E-state index is 0. The highest BCUT2D eigenvalue weighted by atomic mass is 127. The minimum atomic E-state index is 0. The maximum Gasteiger partial charge on any atom is 0.191 e. The third-order valence-corrected chi connectivity index (χ3v) is 5.01. The molecule has 0 bridgehead atoms. The van der Waals surface area contributed by atoms with Crippen molar-refractivity contribution in [3.63, 3.8) is 0 Å². The minimum Gasteiger partial charge on any atom is -0.508 e. The summed E-state index contributed by atoms with van der Waals surface area (Å²) < 4.78 is 5.22. The van der Waals surface area contributed by atoms with Gasteiger partial charge in [-0.1, -0.05) is 6.07 Å². The van der Waals surface area contributed by atoms with Crippen LogP contribution in [-0.2, 0) is 6.54 Å². The lowest BCUT2D eigenvalue weighted by molar-refractivity contribution is 0.410. The van der Waals surface area contributed by atoms with Crippen molar-refractivity contribution in [1.29, 1.82) is 0 Å². The van der Waals surface area contributed by atoms with E-state index in [-0.39, 0.29) is 29.7 Å². The number of anilines is 1. The Morgan fingerprint density at radius 1 is 1.28 bits per heavy atom. The first-order valence-electron chi connectivity index (χ1n) is 9.59. The summed E-state index contributed by atoms with van der Waals surface area (Å²) in [6.45, 7) is 4.44. The number of aromatic nitrogens is 1. The topological polar surface area (TPSA) is 82.0 Å². The third kappa shape index (κ3) is 6.38. The van der Waals surface area contributed by atoms with Crippen molar-refractivity contribution >= 4 is 35.8 Å². The summed E-state index contributed by atoms with van der Waals surface area (Å²) in [7, 11) is 3.37. The van der Waals surface area contributed by atoms with Gasteiger partial charge in [0.05, 0.1) is 7.11 Å². The van der Waals surface area contributed by atoms with Crippen LogP contribution in [0, 0.1) is 6.92 Å². The van der Waals surface area contributed by atoms with Crippen LogP contribution in [0.25, 0.3) is 0 Å². The van der Waals surface area contributed by atoms with Crippen LogP contribution in [0.4, 0.5) is 5.82 Å². The van der Waals surface area contributed by atoms with Crippen molar-refractivity contribution in [3.05, 3.63) is 47.7 Å². The first kappa shape index (κ1) is 23.1. The van der Waals surface area contributed by atoms with Crippen LogP contribution in [0.15, 0.2) is 41.5 Å². The molecule has 29 heavy (non-hydrogen) atoms. The van der Waals surface area contributed by atoms with Gasteiger partial charge in [0.15, 0.2) is 5.96 Å². The van der Waals surface area contributed by atoms with Gasteiger partial charge in [-0.15, -0.1) is 24.0 Å². The maximum atomic E-state index is 10.0. The fraction of sp³-hybridized carbons (Fsp3) is 0.429. The van der Waals surface area contributed by atoms with Gasteiger partial charge in [-0.3, -0.25) is 4.99 Å². The standard InChI is InChI=1S/C21H29N5O2.HI/c1-15-4-7-20(23-13-15)26-10-8-17(9-11-26)25-21(22-2)24-14-16-12-18(28-3)5-6-19(16)27;/h4-7,12-13,17,27H,8-11,14H2,1-3H3,(H2,22,24,25);1H. The van der Waals surface area contributed by atoms with Gasteiger partial charge >= 0.3 is 0 Å². The molecule has 3 N–H and O–H groups in total. The summed E-state index contributed by atoms with van der Waals surface area (Å²) in [4.78, 5) is 11.2. The van der Waals surface area contributed by atoms with E-state index < -0.39 is 0 Å². The number of methoxy groups -OCH3 is 1. The fourth-order valence-corrected chi connectivity index (χ4v) is 3.30. The number of phenolic OH excluding ortho intramolecular Hbond substituents is 1. The number of hydrogen-bond donors (Lipinski definition) is 3. The van der Waals surface area contributed by atoms with Crippen molar-refractivity contribution in [2.24, 2.45) is 4.99 Å². The third-order valence-electron chi connectivity index (χ3n) is 5.01. The largest absolute Gasteiger partial charge is 0.508 e. The van der Waals surface area contributed by atoms with Crippen molar-refractivity contribution in [3.8, 4) is 11.5 Å². The molecule has 2 heterocycles. The SMILES string of the molecule is CN=C(NCc1cc(OC)ccc1O)NC1CCN(c2ccc(C)cn2)CC1.I. The zero-order chi connectivity index (χ0) is 19.9. The zero-order valence-corrected chi connectivity index (χ0v) is 19.5. The van der Waals surface area contributed by atoms with Crippen molar-refractivity contribution in [2.45, 2.75) is 32.4 Å². The Bertz CT molecular complexity index is 805. The molecular formula is C21H30IN5O2. The lowest BCUT2D eigenvalue weighted by atomic mass is 10.1. The molecule has 0 spiro atoms. The predicted octanol–water partition coefficient (Wildman–Crippen LogP) is 3.06. The number of piperidine rings is 1. The molecule has 3 rings (SSSR count). The van der Waals surface area contributed by atoms with Gasteiger partial charge in [-0.2, -0.15) is 0 Å². The number of aromatic hydroxyl groups is 1. The zero-order valence-electron chi connectivity index (χ0n) is 17.2. The Morgan fingerprint density at radius 2 is 2.03 bits per heavy atom. The number of benzene rings is 1. The summed E-state index contributed by atoms with van der Waals surface area (Å²) in [5.41, 5.74) is 1.94. The second kappa shape index (κ2) is 11.1. The molecule has 0 aliphatic carbocycles. The van der Waals surface area contributed by atoms with Crippen LogP contribution >= 0.6 is 24.0 Å². The van der Waals surface area contributed by atoms with Gasteiger partial charge in [-0.25, -0.2) is 4.98 Å². The maximum absolute atomic E-state index is 10.0. The van der Waals surface area contributed by atoms with Crippen LogP contribution in [0.2, 0.25) is 0 Å². The monoisotopic (exact) mass is 511 g/mol. The first-order valence-corrected chi connectivity index (χ1v) is 9.59. The number of aryl methyl sites for hydroxylation is 1. The number of phenols is 1. The molecule has 0 unspecified atom stereocenters. The lowest BCUT2D eigenvalue weighted by Gasteiger charge is -2.33. The van der Waals surface area contributed by atoms with Crippen molar-refractivity contribution in [2.75, 3.05) is 32.1 Å². The van der Waals surface area contributed by atoms with Gasteiger partial charge < -0.3 is 25.4 Å². The Labute approximate surface area is 189 Å². The number of halogens is 1. The number of aliphatic imine (C=N–C) groups is 1. The highest BCUT2D eigenvalue weighted by Crippen LogP contribution is 2.22. The molecule has 2 aromatic rings. The quantitative estimate of drug-likeness (QED) is 0.325. The number of nitrogens with zero attached hydrogens (tertiary/aromatic N) is 3. The van der Waals surface area contributed by atoms with E-state index in [1.54, 1.807) is 26.3 Å². The Hall–Kier alpha value is -2.23. The number of hydrogen-bond acceptors (Lipinski definition) is 5. The summed E-state index contributed by atoms with van der Waals surface area (Å²) in [5.74, 6) is 2.73. The molecule has 1 saturated heterocycles. The van der Waals surface area contributed by atoms with E-state index in [0.29, 0.717) is 12.6 Å². The Kier molecular flexibility index (Phi) is 8.81. The average molecular weight is 511 g/mol. The molecular weight excluding hydrogens is 481 g/mol. The van der Waals surface area contributed by atoms with E-state index >= 15 is 0 Å². The molecule has 7 nitrogen and oxygen atoms in total. The predicted molar refractivity (Wildman–Crippen MR) is 128 cm³/mol. The van der Waals surface area contributed by atoms with E-state index in [1.165, 1.54) is 5.56 Å². The number of nitrogens with one attached hydrogen (secondary N) is 2. The summed E-state index contributed by atoms with van der Waals surface area (Å²) in [5, 5.41) is 16.8. The van der Waals surface area contributed by atoms with E-state index in [1.807, 2.05) is 12.3 Å². The first-order chi connectivity index (χ1) is 13.6. The second-order valence-corrected chi connectivity index (χ2v) is 7.02. The fourth-order valence-electron chi connectivity index (χ4n) is 3.30. The van der Waals surface area contributed by atoms with E-state index in [4.69, 9.17) is 4.74 Å². The average Bonchev–Trinajstić information content (AvgIpc) is 2.73. The van der Waals surface area contributed by atoms with E-state index in [9.17, 15) is 5.11 Å². The van der Waals surface area contributed by atoms with E-state index in [2.05, 4.69) is 44.6 Å². The van der Waals surface area contributed by atoms with Gasteiger partial charge in [0.25, 0.3) is 0 Å². The lowest BCUT2D eigenvalue weighted by Crippen LogP contribution is -2.48. The van der Waals surface area contributed by atoms with Crippen molar-refractivity contribution in [1.82, 2.24) is 15.6 Å². The number of ether oxygens (including phenoxy) is 1. The van der Waals surface area contributed by atoms with Crippen LogP contribution in [0.1, 0.15) is 24.0 Å². The number of guanidine groups is 1. The summed E-state index contributed by atoms with van der Waals surface area (Å²) >= 11 is 0. The highest BCUT2D eigenvalue weighted by molar-refractivity contribution is 14.0. The van der Waals surface area contributed by atoms with Gasteiger partial charge in [0.1, 0.15) is 17.3 Å². The molecule has 0 radical (unpaired) electrons. The number of pyridine rings is 1. The van der Waals surface area contributed by atoms with Crippen LogP contribution in [0.3, 0.4) is 0 Å². The molecule has 1 aliphatic heterocycles. The smallest absolute Gasteiger partial charge is 0.191 e. The highest BCUT2D eigenvalue weighted by Gasteiger charge is 2.21. The molecule has 1 aliphatic rings. The molecule has 1 aromatic carbocycles. The molecule has 1 aromatic heterocycles. The molecule has 8 heteroatoms. The van der Waals surface area contributed by atoms with Crippen LogP contribution < -0.4 is 20.3 Å². The second-order valence-electron chi connectivity index (χ2n) is 7.02. The molecule has 0 amide bonds. The number of rotatable bonds is 5. The Balaban J connectivity index is 0.00000300. The van der Waals surface area contributed by atoms with E-state index in [0.717, 1.165) is 49.0 Å².